The highest BCUT2D eigenvalue weighted by atomic mass is 32.1. The Hall–Kier alpha value is -3.52. The van der Waals surface area contributed by atoms with Crippen molar-refractivity contribution in [3.63, 3.8) is 0 Å². The molecule has 2 N–H and O–H groups in total. The van der Waals surface area contributed by atoms with Crippen molar-refractivity contribution in [1.29, 1.82) is 0 Å². The minimum absolute atomic E-state index is 0.0142. The molecular weight excluding hydrogens is 472 g/mol. The van der Waals surface area contributed by atoms with Crippen molar-refractivity contribution in [2.45, 2.75) is 64.0 Å². The molecule has 36 heavy (non-hydrogen) atoms. The topological polar surface area (TPSA) is 85.5 Å². The minimum atomic E-state index is -0.665. The van der Waals surface area contributed by atoms with Gasteiger partial charge in [-0.3, -0.25) is 19.3 Å². The Balaban J connectivity index is 1.40. The second-order valence-corrected chi connectivity index (χ2v) is 10.0. The van der Waals surface area contributed by atoms with Crippen molar-refractivity contribution in [1.82, 2.24) is 9.88 Å². The summed E-state index contributed by atoms with van der Waals surface area (Å²) in [6.07, 6.45) is 8.29. The Morgan fingerprint density at radius 1 is 1.03 bits per heavy atom. The summed E-state index contributed by atoms with van der Waals surface area (Å²) in [4.78, 5) is 45.3. The van der Waals surface area contributed by atoms with Gasteiger partial charge in [0.25, 0.3) is 5.91 Å². The van der Waals surface area contributed by atoms with Crippen LogP contribution in [0, 0.1) is 0 Å². The Labute approximate surface area is 215 Å². The number of hydrogen-bond acceptors (Lipinski definition) is 4. The van der Waals surface area contributed by atoms with Gasteiger partial charge in [-0.25, -0.2) is 0 Å². The number of ketones is 1. The molecule has 5 rings (SSSR count). The fourth-order valence-corrected chi connectivity index (χ4v) is 5.81. The van der Waals surface area contributed by atoms with Gasteiger partial charge in [-0.1, -0.05) is 31.7 Å². The van der Waals surface area contributed by atoms with Crippen LogP contribution in [0.4, 0.5) is 11.4 Å². The first-order valence-electron chi connectivity index (χ1n) is 12.6. The van der Waals surface area contributed by atoms with E-state index in [1.54, 1.807) is 24.3 Å². The van der Waals surface area contributed by atoms with Crippen LogP contribution in [0.2, 0.25) is 0 Å². The van der Waals surface area contributed by atoms with Crippen LogP contribution in [-0.2, 0) is 9.59 Å². The summed E-state index contributed by atoms with van der Waals surface area (Å²) in [7, 11) is 0. The average Bonchev–Trinajstić information content (AvgIpc) is 3.29. The maximum atomic E-state index is 13.7. The van der Waals surface area contributed by atoms with E-state index in [9.17, 15) is 14.4 Å². The van der Waals surface area contributed by atoms with Crippen molar-refractivity contribution in [3.8, 4) is 0 Å². The molecule has 7 nitrogen and oxygen atoms in total. The number of carbonyl (C=O) groups excluding carboxylic acids is 3. The molecule has 1 aliphatic carbocycles. The van der Waals surface area contributed by atoms with Gasteiger partial charge in [0.05, 0.1) is 12.1 Å². The van der Waals surface area contributed by atoms with Gasteiger partial charge < -0.3 is 15.2 Å². The number of thiocarbonyl (C=S) groups is 1. The lowest BCUT2D eigenvalue weighted by molar-refractivity contribution is -0.125. The van der Waals surface area contributed by atoms with Crippen molar-refractivity contribution in [2.24, 2.45) is 0 Å². The van der Waals surface area contributed by atoms with Gasteiger partial charge in [-0.15, -0.1) is 0 Å². The summed E-state index contributed by atoms with van der Waals surface area (Å²) in [5, 5.41) is 4.46. The predicted octanol–water partition coefficient (Wildman–Crippen LogP) is 5.42. The van der Waals surface area contributed by atoms with E-state index in [0.717, 1.165) is 36.6 Å². The van der Waals surface area contributed by atoms with E-state index in [-0.39, 0.29) is 30.1 Å². The highest BCUT2D eigenvalue weighted by Crippen LogP contribution is 2.33. The van der Waals surface area contributed by atoms with Gasteiger partial charge in [0.15, 0.2) is 10.9 Å². The summed E-state index contributed by atoms with van der Waals surface area (Å²) in [5.41, 5.74) is 2.81. The van der Waals surface area contributed by atoms with Crippen molar-refractivity contribution >= 4 is 57.2 Å². The van der Waals surface area contributed by atoms with E-state index < -0.39 is 6.04 Å². The van der Waals surface area contributed by atoms with E-state index in [4.69, 9.17) is 12.2 Å². The van der Waals surface area contributed by atoms with Gasteiger partial charge in [0, 0.05) is 29.0 Å². The van der Waals surface area contributed by atoms with E-state index in [1.807, 2.05) is 35.4 Å². The molecule has 0 spiro atoms. The molecule has 0 bridgehead atoms. The van der Waals surface area contributed by atoms with Crippen LogP contribution in [0.25, 0.3) is 10.9 Å². The number of rotatable bonds is 6. The van der Waals surface area contributed by atoms with Crippen LogP contribution >= 0.6 is 12.2 Å². The molecule has 8 heteroatoms. The van der Waals surface area contributed by atoms with Crippen LogP contribution in [0.5, 0.6) is 0 Å². The maximum absolute atomic E-state index is 13.7. The van der Waals surface area contributed by atoms with Gasteiger partial charge in [-0.05, 0) is 79.8 Å². The second kappa shape index (κ2) is 10.2. The van der Waals surface area contributed by atoms with E-state index in [1.165, 1.54) is 24.7 Å². The summed E-state index contributed by atoms with van der Waals surface area (Å²) in [6.45, 7) is 1.51. The highest BCUT2D eigenvalue weighted by Gasteiger charge is 2.46. The molecule has 1 atom stereocenters. The lowest BCUT2D eigenvalue weighted by atomic mass is 10.0. The molecule has 2 heterocycles. The van der Waals surface area contributed by atoms with Crippen LogP contribution in [-0.4, -0.2) is 44.7 Å². The molecular formula is C28H30N4O3S. The summed E-state index contributed by atoms with van der Waals surface area (Å²) in [6, 6.07) is 14.0. The van der Waals surface area contributed by atoms with Crippen LogP contribution in [0.3, 0.4) is 0 Å². The van der Waals surface area contributed by atoms with Crippen LogP contribution < -0.4 is 10.2 Å². The lowest BCUT2D eigenvalue weighted by Crippen LogP contribution is -2.44. The van der Waals surface area contributed by atoms with Crippen molar-refractivity contribution < 1.29 is 14.4 Å². The smallest absolute Gasteiger partial charge is 0.256 e. The third kappa shape index (κ3) is 4.78. The number of aromatic nitrogens is 1. The van der Waals surface area contributed by atoms with E-state index in [0.29, 0.717) is 22.1 Å². The first-order chi connectivity index (χ1) is 17.4. The number of aromatic amines is 1. The first kappa shape index (κ1) is 24.2. The van der Waals surface area contributed by atoms with Crippen LogP contribution in [0.1, 0.15) is 62.2 Å². The van der Waals surface area contributed by atoms with Gasteiger partial charge in [-0.2, -0.15) is 0 Å². The summed E-state index contributed by atoms with van der Waals surface area (Å²) < 4.78 is 0. The zero-order valence-electron chi connectivity index (χ0n) is 20.3. The molecule has 2 aliphatic rings. The largest absolute Gasteiger partial charge is 0.361 e. The molecule has 1 aromatic heterocycles. The molecule has 3 aromatic rings. The second-order valence-electron chi connectivity index (χ2n) is 9.66. The molecule has 2 fully saturated rings. The number of nitrogens with zero attached hydrogens (tertiary/aromatic N) is 2. The third-order valence-corrected chi connectivity index (χ3v) is 7.61. The summed E-state index contributed by atoms with van der Waals surface area (Å²) >= 11 is 5.86. The number of Topliss-reactive ketones (excluding diaryl/α,β-unsaturated/α-hetero) is 1. The first-order valence-corrected chi connectivity index (χ1v) is 13.0. The number of H-pyrrole nitrogens is 1. The normalized spacial score (nSPS) is 19.1. The lowest BCUT2D eigenvalue weighted by Gasteiger charge is -2.32. The Morgan fingerprint density at radius 2 is 1.75 bits per heavy atom. The highest BCUT2D eigenvalue weighted by molar-refractivity contribution is 7.80. The standard InChI is InChI=1S/C28H30N4O3S/c1-18(33)19-9-12-23(13-10-19)32-27(35)25(31(28(32)36)22-6-4-2-3-5-7-22)17-26(34)30-21-11-8-20-14-15-29-24(20)16-21/h8-16,22,25,29H,2-7,17H2,1H3,(H,30,34). The molecule has 186 valence electrons. The number of fused-ring (bicyclic) bond motifs is 1. The van der Waals surface area contributed by atoms with Gasteiger partial charge >= 0.3 is 0 Å². The number of nitrogens with one attached hydrogen (secondary N) is 2. The third-order valence-electron chi connectivity index (χ3n) is 7.22. The SMILES string of the molecule is CC(=O)c1ccc(N2C(=O)C(CC(=O)Nc3ccc4cc[nH]c4c3)N(C3CCCCCC3)C2=S)cc1. The number of benzene rings is 2. The van der Waals surface area contributed by atoms with Crippen molar-refractivity contribution in [3.05, 3.63) is 60.3 Å². The molecule has 1 unspecified atom stereocenters. The Bertz CT molecular complexity index is 1310. The molecule has 2 aromatic carbocycles. The molecule has 0 radical (unpaired) electrons. The number of amides is 2. The fraction of sp³-hybridized carbons (Fsp3) is 0.357. The maximum Gasteiger partial charge on any atom is 0.256 e. The molecule has 1 saturated carbocycles. The zero-order chi connectivity index (χ0) is 25.2. The molecule has 2 amide bonds. The average molecular weight is 503 g/mol. The van der Waals surface area contributed by atoms with Crippen LogP contribution in [0.15, 0.2) is 54.7 Å². The molecule has 1 saturated heterocycles. The van der Waals surface area contributed by atoms with Gasteiger partial charge in [0.1, 0.15) is 6.04 Å². The predicted molar refractivity (Wildman–Crippen MR) is 145 cm³/mol. The fourth-order valence-electron chi connectivity index (χ4n) is 5.34. The quantitative estimate of drug-likeness (QED) is 0.267. The zero-order valence-corrected chi connectivity index (χ0v) is 21.1. The number of carbonyl (C=O) groups is 3. The molecule has 1 aliphatic heterocycles. The van der Waals surface area contributed by atoms with E-state index in [2.05, 4.69) is 10.3 Å². The van der Waals surface area contributed by atoms with Gasteiger partial charge in [0.2, 0.25) is 5.91 Å². The summed E-state index contributed by atoms with van der Waals surface area (Å²) in [5.74, 6) is -0.465. The Kier molecular flexibility index (Phi) is 6.87. The van der Waals surface area contributed by atoms with Crippen molar-refractivity contribution in [2.75, 3.05) is 10.2 Å². The number of anilines is 2. The minimum Gasteiger partial charge on any atom is -0.361 e. The van der Waals surface area contributed by atoms with E-state index >= 15 is 0 Å². The Morgan fingerprint density at radius 3 is 2.44 bits per heavy atom. The monoisotopic (exact) mass is 502 g/mol. The number of hydrogen-bond donors (Lipinski definition) is 2.